The molecule has 0 aliphatic carbocycles. The Morgan fingerprint density at radius 3 is 2.60 bits per heavy atom. The molecule has 0 bridgehead atoms. The van der Waals surface area contributed by atoms with E-state index in [1.165, 1.54) is 0 Å². The van der Waals surface area contributed by atoms with Crippen LogP contribution in [0.4, 0.5) is 0 Å². The Balaban J connectivity index is 3.92. The Morgan fingerprint density at radius 2 is 2.20 bits per heavy atom. The first kappa shape index (κ1) is 8.95. The van der Waals surface area contributed by atoms with Gasteiger partial charge in [-0.05, 0) is 13.3 Å². The van der Waals surface area contributed by atoms with Crippen LogP contribution in [0.3, 0.4) is 0 Å². The monoisotopic (exact) mass is 140 g/mol. The zero-order valence-corrected chi connectivity index (χ0v) is 6.29. The number of carbonyl (C=O) groups is 1. The zero-order chi connectivity index (χ0) is 7.98. The summed E-state index contributed by atoms with van der Waals surface area (Å²) in [7, 11) is 0. The van der Waals surface area contributed by atoms with Crippen LogP contribution in [0.5, 0.6) is 0 Å². The zero-order valence-electron chi connectivity index (χ0n) is 6.29. The molecule has 10 heavy (non-hydrogen) atoms. The first-order valence-corrected chi connectivity index (χ1v) is 3.25. The highest BCUT2D eigenvalue weighted by molar-refractivity contribution is 5.86. The molecule has 2 nitrogen and oxygen atoms in total. The average molecular weight is 140 g/mol. The van der Waals surface area contributed by atoms with Crippen molar-refractivity contribution in [2.45, 2.75) is 20.3 Å². The minimum atomic E-state index is -0.860. The number of hydrogen-bond donors (Lipinski definition) is 1. The van der Waals surface area contributed by atoms with E-state index in [9.17, 15) is 4.79 Å². The van der Waals surface area contributed by atoms with Crippen molar-refractivity contribution in [3.8, 4) is 0 Å². The molecule has 1 N–H and O–H groups in total. The van der Waals surface area contributed by atoms with E-state index in [0.29, 0.717) is 5.57 Å². The van der Waals surface area contributed by atoms with Crippen molar-refractivity contribution in [2.24, 2.45) is 0 Å². The molecule has 0 fully saturated rings. The Hall–Kier alpha value is -1.05. The van der Waals surface area contributed by atoms with E-state index in [1.807, 2.05) is 13.0 Å². The summed E-state index contributed by atoms with van der Waals surface area (Å²) >= 11 is 0. The number of hydrogen-bond acceptors (Lipinski definition) is 1. The molecule has 0 atom stereocenters. The number of allylic oxidation sites excluding steroid dienone is 3. The van der Waals surface area contributed by atoms with Gasteiger partial charge in [-0.25, -0.2) is 4.79 Å². The third kappa shape index (κ3) is 3.89. The summed E-state index contributed by atoms with van der Waals surface area (Å²) in [6, 6.07) is 0. The van der Waals surface area contributed by atoms with Crippen molar-refractivity contribution in [3.05, 3.63) is 23.8 Å². The summed E-state index contributed by atoms with van der Waals surface area (Å²) in [5, 5.41) is 8.38. The lowest BCUT2D eigenvalue weighted by molar-refractivity contribution is -0.132. The van der Waals surface area contributed by atoms with Gasteiger partial charge in [0.25, 0.3) is 0 Å². The van der Waals surface area contributed by atoms with Gasteiger partial charge in [0.2, 0.25) is 0 Å². The first-order chi connectivity index (χ1) is 4.68. The van der Waals surface area contributed by atoms with Gasteiger partial charge in [-0.3, -0.25) is 0 Å². The average Bonchev–Trinajstić information content (AvgIpc) is 1.88. The van der Waals surface area contributed by atoms with E-state index in [4.69, 9.17) is 5.11 Å². The number of rotatable bonds is 3. The molecule has 0 rings (SSSR count). The maximum absolute atomic E-state index is 10.2. The van der Waals surface area contributed by atoms with E-state index >= 15 is 0 Å². The summed E-state index contributed by atoms with van der Waals surface area (Å²) in [5.41, 5.74) is 0.365. The summed E-state index contributed by atoms with van der Waals surface area (Å²) in [6.45, 7) is 3.57. The van der Waals surface area contributed by atoms with Crippen molar-refractivity contribution >= 4 is 5.97 Å². The highest BCUT2D eigenvalue weighted by atomic mass is 16.4. The molecule has 0 amide bonds. The smallest absolute Gasteiger partial charge is 0.331 e. The van der Waals surface area contributed by atoms with Gasteiger partial charge in [0.15, 0.2) is 0 Å². The highest BCUT2D eigenvalue weighted by Crippen LogP contribution is 1.92. The van der Waals surface area contributed by atoms with E-state index < -0.39 is 5.97 Å². The summed E-state index contributed by atoms with van der Waals surface area (Å²) in [5.74, 6) is -0.860. The first-order valence-electron chi connectivity index (χ1n) is 3.25. The summed E-state index contributed by atoms with van der Waals surface area (Å²) < 4.78 is 0. The van der Waals surface area contributed by atoms with E-state index in [-0.39, 0.29) is 0 Å². The van der Waals surface area contributed by atoms with Crippen LogP contribution in [-0.4, -0.2) is 11.1 Å². The van der Waals surface area contributed by atoms with Gasteiger partial charge in [0.1, 0.15) is 0 Å². The van der Waals surface area contributed by atoms with Crippen LogP contribution in [0.15, 0.2) is 23.8 Å². The molecule has 56 valence electrons. The van der Waals surface area contributed by atoms with Crippen LogP contribution in [0.2, 0.25) is 0 Å². The Bertz CT molecular complexity index is 166. The lowest BCUT2D eigenvalue weighted by Gasteiger charge is -1.86. The Kier molecular flexibility index (Phi) is 4.29. The molecule has 2 heteroatoms. The van der Waals surface area contributed by atoms with Crippen LogP contribution >= 0.6 is 0 Å². The molecular weight excluding hydrogens is 128 g/mol. The molecular formula is C8H12O2. The second kappa shape index (κ2) is 4.79. The van der Waals surface area contributed by atoms with E-state index in [1.54, 1.807) is 19.1 Å². The van der Waals surface area contributed by atoms with Gasteiger partial charge in [0, 0.05) is 5.57 Å². The number of carboxylic acids is 1. The van der Waals surface area contributed by atoms with Crippen molar-refractivity contribution in [1.29, 1.82) is 0 Å². The molecule has 0 aromatic carbocycles. The largest absolute Gasteiger partial charge is 0.478 e. The molecule has 0 heterocycles. The quantitative estimate of drug-likeness (QED) is 0.480. The van der Waals surface area contributed by atoms with Crippen LogP contribution in [-0.2, 0) is 4.79 Å². The van der Waals surface area contributed by atoms with Gasteiger partial charge >= 0.3 is 5.97 Å². The third-order valence-corrected chi connectivity index (χ3v) is 1.06. The molecule has 0 aromatic heterocycles. The van der Waals surface area contributed by atoms with Crippen LogP contribution < -0.4 is 0 Å². The van der Waals surface area contributed by atoms with Crippen LogP contribution in [0.1, 0.15) is 20.3 Å². The second-order valence-corrected chi connectivity index (χ2v) is 1.99. The predicted octanol–water partition coefficient (Wildman–Crippen LogP) is 1.98. The van der Waals surface area contributed by atoms with E-state index in [0.717, 1.165) is 6.42 Å². The van der Waals surface area contributed by atoms with Crippen molar-refractivity contribution in [2.75, 3.05) is 0 Å². The van der Waals surface area contributed by atoms with Gasteiger partial charge in [-0.2, -0.15) is 0 Å². The normalized spacial score (nSPS) is 12.4. The maximum atomic E-state index is 10.2. The van der Waals surface area contributed by atoms with Crippen LogP contribution in [0.25, 0.3) is 0 Å². The van der Waals surface area contributed by atoms with Crippen molar-refractivity contribution in [3.63, 3.8) is 0 Å². The molecule has 0 aromatic rings. The highest BCUT2D eigenvalue weighted by Gasteiger charge is 1.94. The van der Waals surface area contributed by atoms with Gasteiger partial charge in [-0.1, -0.05) is 25.2 Å². The van der Waals surface area contributed by atoms with Crippen LogP contribution in [0, 0.1) is 0 Å². The molecule has 0 aliphatic rings. The SMILES string of the molecule is CC/C=C/C=C(\C)C(=O)O. The van der Waals surface area contributed by atoms with Crippen molar-refractivity contribution in [1.82, 2.24) is 0 Å². The van der Waals surface area contributed by atoms with Crippen molar-refractivity contribution < 1.29 is 9.90 Å². The minimum Gasteiger partial charge on any atom is -0.478 e. The van der Waals surface area contributed by atoms with E-state index in [2.05, 4.69) is 0 Å². The third-order valence-electron chi connectivity index (χ3n) is 1.06. The number of carboxylic acid groups (broad SMARTS) is 1. The molecule has 0 saturated carbocycles. The lowest BCUT2D eigenvalue weighted by Crippen LogP contribution is -1.94. The standard InChI is InChI=1S/C8H12O2/c1-3-4-5-6-7(2)8(9)10/h4-6H,3H2,1-2H3,(H,9,10)/b5-4+,7-6+. The molecule has 0 spiro atoms. The minimum absolute atomic E-state index is 0.365. The lowest BCUT2D eigenvalue weighted by atomic mass is 10.2. The number of aliphatic carboxylic acids is 1. The fourth-order valence-corrected chi connectivity index (χ4v) is 0.420. The maximum Gasteiger partial charge on any atom is 0.331 e. The summed E-state index contributed by atoms with van der Waals surface area (Å²) in [6.07, 6.45) is 6.19. The second-order valence-electron chi connectivity index (χ2n) is 1.99. The Labute approximate surface area is 60.9 Å². The predicted molar refractivity (Wildman–Crippen MR) is 40.8 cm³/mol. The molecule has 0 unspecified atom stereocenters. The fraction of sp³-hybridized carbons (Fsp3) is 0.375. The molecule has 0 radical (unpaired) electrons. The Morgan fingerprint density at radius 1 is 1.60 bits per heavy atom. The molecule has 0 aliphatic heterocycles. The van der Waals surface area contributed by atoms with Gasteiger partial charge < -0.3 is 5.11 Å². The fourth-order valence-electron chi connectivity index (χ4n) is 0.420. The summed E-state index contributed by atoms with van der Waals surface area (Å²) in [4.78, 5) is 10.2. The van der Waals surface area contributed by atoms with Gasteiger partial charge in [-0.15, -0.1) is 0 Å². The van der Waals surface area contributed by atoms with Gasteiger partial charge in [0.05, 0.1) is 0 Å². The molecule has 0 saturated heterocycles. The topological polar surface area (TPSA) is 37.3 Å².